The lowest BCUT2D eigenvalue weighted by Crippen LogP contribution is -2.16. The third-order valence-electron chi connectivity index (χ3n) is 4.04. The predicted molar refractivity (Wildman–Crippen MR) is 105 cm³/mol. The molecule has 0 aliphatic heterocycles. The molecule has 0 aliphatic rings. The molecule has 3 rings (SSSR count). The van der Waals surface area contributed by atoms with Crippen molar-refractivity contribution in [3.05, 3.63) is 62.8 Å². The largest absolute Gasteiger partial charge is 0.365 e. The highest BCUT2D eigenvalue weighted by Crippen LogP contribution is 2.35. The number of hydrogen-bond donors (Lipinski definition) is 2. The van der Waals surface area contributed by atoms with Crippen LogP contribution in [-0.4, -0.2) is 11.8 Å². The fraction of sp³-hybridized carbons (Fsp3) is 0.158. The first kappa shape index (κ1) is 17.4. The number of amides is 2. The van der Waals surface area contributed by atoms with Gasteiger partial charge in [-0.25, -0.2) is 0 Å². The third-order valence-corrected chi connectivity index (χ3v) is 6.44. The number of rotatable bonds is 4. The van der Waals surface area contributed by atoms with E-state index >= 15 is 0 Å². The van der Waals surface area contributed by atoms with Gasteiger partial charge in [-0.1, -0.05) is 30.3 Å². The predicted octanol–water partition coefficient (Wildman–Crippen LogP) is 4.75. The first-order valence-corrected chi connectivity index (χ1v) is 9.38. The van der Waals surface area contributed by atoms with E-state index < -0.39 is 5.91 Å². The second-order valence-corrected chi connectivity index (χ2v) is 8.07. The average Bonchev–Trinajstić information content (AvgIpc) is 3.09. The molecule has 2 amide bonds. The van der Waals surface area contributed by atoms with Crippen molar-refractivity contribution in [1.29, 1.82) is 0 Å². The summed E-state index contributed by atoms with van der Waals surface area (Å²) in [6, 6.07) is 11.8. The molecule has 0 radical (unpaired) electrons. The summed E-state index contributed by atoms with van der Waals surface area (Å²) in [6.45, 7) is 5.74. The highest BCUT2D eigenvalue weighted by Gasteiger charge is 2.21. The van der Waals surface area contributed by atoms with Crippen molar-refractivity contribution in [3.8, 4) is 10.4 Å². The van der Waals surface area contributed by atoms with E-state index in [1.807, 2.05) is 57.2 Å². The Kier molecular flexibility index (Phi) is 4.74. The Balaban J connectivity index is 1.91. The molecular weight excluding hydrogens is 352 g/mol. The molecule has 6 heteroatoms. The van der Waals surface area contributed by atoms with Crippen LogP contribution >= 0.6 is 22.7 Å². The number of hydrogen-bond acceptors (Lipinski definition) is 4. The van der Waals surface area contributed by atoms with Crippen LogP contribution in [0.1, 0.15) is 36.0 Å². The van der Waals surface area contributed by atoms with Gasteiger partial charge < -0.3 is 11.1 Å². The molecule has 0 bridgehead atoms. The summed E-state index contributed by atoms with van der Waals surface area (Å²) in [5, 5.41) is 3.36. The van der Waals surface area contributed by atoms with Gasteiger partial charge in [0, 0.05) is 9.75 Å². The second-order valence-electron chi connectivity index (χ2n) is 5.79. The lowest BCUT2D eigenvalue weighted by atomic mass is 10.1. The summed E-state index contributed by atoms with van der Waals surface area (Å²) in [7, 11) is 0. The maximum absolute atomic E-state index is 12.7. The Morgan fingerprint density at radius 1 is 1.04 bits per heavy atom. The van der Waals surface area contributed by atoms with Gasteiger partial charge in [-0.2, -0.15) is 0 Å². The van der Waals surface area contributed by atoms with Gasteiger partial charge in [-0.3, -0.25) is 9.59 Å². The minimum absolute atomic E-state index is 0.223. The van der Waals surface area contributed by atoms with Crippen molar-refractivity contribution in [2.45, 2.75) is 20.8 Å². The van der Waals surface area contributed by atoms with Crippen molar-refractivity contribution in [2.24, 2.45) is 5.73 Å². The average molecular weight is 370 g/mol. The summed E-state index contributed by atoms with van der Waals surface area (Å²) < 4.78 is 0. The Hall–Kier alpha value is -2.44. The molecule has 0 atom stereocenters. The summed E-state index contributed by atoms with van der Waals surface area (Å²) in [6.07, 6.45) is 0. The summed E-state index contributed by atoms with van der Waals surface area (Å²) in [5.41, 5.74) is 8.82. The normalized spacial score (nSPS) is 10.7. The third kappa shape index (κ3) is 3.36. The number of carbonyl (C=O) groups excluding carboxylic acids is 2. The zero-order valence-electron chi connectivity index (χ0n) is 14.2. The first-order chi connectivity index (χ1) is 11.9. The van der Waals surface area contributed by atoms with Gasteiger partial charge in [0.1, 0.15) is 5.00 Å². The van der Waals surface area contributed by atoms with E-state index in [4.69, 9.17) is 5.73 Å². The molecule has 4 nitrogen and oxygen atoms in total. The highest BCUT2D eigenvalue weighted by atomic mass is 32.1. The molecule has 2 heterocycles. The van der Waals surface area contributed by atoms with Gasteiger partial charge in [0.05, 0.1) is 10.4 Å². The topological polar surface area (TPSA) is 72.2 Å². The van der Waals surface area contributed by atoms with Crippen LogP contribution in [0.3, 0.4) is 0 Å². The van der Waals surface area contributed by atoms with Gasteiger partial charge in [0.2, 0.25) is 0 Å². The second kappa shape index (κ2) is 6.82. The molecule has 2 aromatic heterocycles. The number of nitrogens with one attached hydrogen (secondary N) is 1. The Bertz CT molecular complexity index is 955. The lowest BCUT2D eigenvalue weighted by molar-refractivity contribution is 0.100. The van der Waals surface area contributed by atoms with E-state index in [2.05, 4.69) is 5.32 Å². The number of thiophene rings is 2. The van der Waals surface area contributed by atoms with Crippen molar-refractivity contribution in [2.75, 3.05) is 5.32 Å². The quantitative estimate of drug-likeness (QED) is 0.695. The molecule has 1 aromatic carbocycles. The van der Waals surface area contributed by atoms with Crippen LogP contribution in [0.15, 0.2) is 36.4 Å². The van der Waals surface area contributed by atoms with E-state index in [-0.39, 0.29) is 5.91 Å². The molecular formula is C19H18N2O2S2. The molecule has 0 spiro atoms. The zero-order chi connectivity index (χ0) is 18.1. The van der Waals surface area contributed by atoms with Crippen LogP contribution in [0, 0.1) is 20.8 Å². The molecule has 25 heavy (non-hydrogen) atoms. The number of benzene rings is 1. The fourth-order valence-corrected chi connectivity index (χ4v) is 4.78. The maximum Gasteiger partial charge on any atom is 0.266 e. The van der Waals surface area contributed by atoms with Crippen molar-refractivity contribution >= 4 is 39.5 Å². The van der Waals surface area contributed by atoms with Crippen LogP contribution in [-0.2, 0) is 0 Å². The minimum atomic E-state index is -0.524. The van der Waals surface area contributed by atoms with Crippen LogP contribution in [0.2, 0.25) is 0 Å². The molecule has 128 valence electrons. The number of nitrogens with two attached hydrogens (primary N) is 1. The summed E-state index contributed by atoms with van der Waals surface area (Å²) >= 11 is 2.81. The zero-order valence-corrected chi connectivity index (χ0v) is 15.8. The number of carbonyl (C=O) groups is 2. The number of anilines is 1. The smallest absolute Gasteiger partial charge is 0.266 e. The van der Waals surface area contributed by atoms with Crippen molar-refractivity contribution < 1.29 is 9.59 Å². The summed E-state index contributed by atoms with van der Waals surface area (Å²) in [5.74, 6) is -0.747. The Morgan fingerprint density at radius 2 is 1.72 bits per heavy atom. The SMILES string of the molecule is Cc1cc(C(=O)Nc2sc(C)c(C)c2C(N)=O)sc1-c1ccccc1. The van der Waals surface area contributed by atoms with Crippen LogP contribution in [0.5, 0.6) is 0 Å². The maximum atomic E-state index is 12.7. The Morgan fingerprint density at radius 3 is 2.36 bits per heavy atom. The van der Waals surface area contributed by atoms with Gasteiger partial charge >= 0.3 is 0 Å². The highest BCUT2D eigenvalue weighted by molar-refractivity contribution is 7.18. The summed E-state index contributed by atoms with van der Waals surface area (Å²) in [4.78, 5) is 27.0. The van der Waals surface area contributed by atoms with Gasteiger partial charge in [-0.05, 0) is 43.5 Å². The van der Waals surface area contributed by atoms with Crippen LogP contribution in [0.25, 0.3) is 10.4 Å². The van der Waals surface area contributed by atoms with E-state index in [0.717, 1.165) is 26.4 Å². The van der Waals surface area contributed by atoms with Gasteiger partial charge in [-0.15, -0.1) is 22.7 Å². The molecule has 0 saturated heterocycles. The Labute approximate surface area is 154 Å². The van der Waals surface area contributed by atoms with Gasteiger partial charge in [0.25, 0.3) is 11.8 Å². The molecule has 0 aliphatic carbocycles. The van der Waals surface area contributed by atoms with Crippen molar-refractivity contribution in [3.63, 3.8) is 0 Å². The molecule has 3 aromatic rings. The van der Waals surface area contributed by atoms with Crippen molar-refractivity contribution in [1.82, 2.24) is 0 Å². The van der Waals surface area contributed by atoms with Crippen LogP contribution < -0.4 is 11.1 Å². The standard InChI is InChI=1S/C19H18N2O2S2/c1-10-9-14(25-16(10)13-7-5-4-6-8-13)18(23)21-19-15(17(20)22)11(2)12(3)24-19/h4-9H,1-3H3,(H2,20,22)(H,21,23). The number of primary amides is 1. The monoisotopic (exact) mass is 370 g/mol. The molecule has 0 unspecified atom stereocenters. The first-order valence-electron chi connectivity index (χ1n) is 7.75. The lowest BCUT2D eigenvalue weighted by Gasteiger charge is -2.03. The van der Waals surface area contributed by atoms with Crippen LogP contribution in [0.4, 0.5) is 5.00 Å². The molecule has 3 N–H and O–H groups in total. The van der Waals surface area contributed by atoms with E-state index in [1.165, 1.54) is 22.7 Å². The molecule has 0 saturated carbocycles. The van der Waals surface area contributed by atoms with E-state index in [0.29, 0.717) is 15.4 Å². The minimum Gasteiger partial charge on any atom is -0.365 e. The fourth-order valence-electron chi connectivity index (χ4n) is 2.65. The van der Waals surface area contributed by atoms with E-state index in [9.17, 15) is 9.59 Å². The van der Waals surface area contributed by atoms with Gasteiger partial charge in [0.15, 0.2) is 0 Å². The van der Waals surface area contributed by atoms with E-state index in [1.54, 1.807) is 0 Å². The molecule has 0 fully saturated rings. The number of aryl methyl sites for hydroxylation is 2.